The third kappa shape index (κ3) is 4.41. The number of hydrogen-bond acceptors (Lipinski definition) is 5. The molecule has 5 rings (SSSR count). The van der Waals surface area contributed by atoms with Crippen molar-refractivity contribution in [1.29, 1.82) is 0 Å². The summed E-state index contributed by atoms with van der Waals surface area (Å²) < 4.78 is 53.4. The molecule has 34 heavy (non-hydrogen) atoms. The lowest BCUT2D eigenvalue weighted by Gasteiger charge is -2.31. The number of morpholine rings is 1. The second kappa shape index (κ2) is 9.30. The molecule has 0 radical (unpaired) electrons. The van der Waals surface area contributed by atoms with Crippen LogP contribution < -0.4 is 10.1 Å². The van der Waals surface area contributed by atoms with Crippen molar-refractivity contribution >= 4 is 17.7 Å². The van der Waals surface area contributed by atoms with Crippen molar-refractivity contribution in [3.63, 3.8) is 0 Å². The van der Waals surface area contributed by atoms with Gasteiger partial charge < -0.3 is 24.6 Å². The first-order chi connectivity index (χ1) is 18.6. The summed E-state index contributed by atoms with van der Waals surface area (Å²) in [7, 11) is 0. The lowest BCUT2D eigenvalue weighted by molar-refractivity contribution is -0.143. The van der Waals surface area contributed by atoms with Gasteiger partial charge in [-0.05, 0) is 36.1 Å². The van der Waals surface area contributed by atoms with Crippen LogP contribution in [0, 0.1) is 0 Å². The Morgan fingerprint density at radius 1 is 1.21 bits per heavy atom. The second-order valence-corrected chi connectivity index (χ2v) is 8.31. The number of hydrogen-bond donors (Lipinski definition) is 1. The Hall–Kier alpha value is -3.65. The van der Waals surface area contributed by atoms with E-state index in [4.69, 9.17) is 16.3 Å². The van der Waals surface area contributed by atoms with E-state index in [1.54, 1.807) is 18.2 Å². The van der Waals surface area contributed by atoms with Gasteiger partial charge in [0.1, 0.15) is 25.0 Å². The molecule has 0 bridgehead atoms. The summed E-state index contributed by atoms with van der Waals surface area (Å²) in [5.41, 5.74) is 1.37. The zero-order valence-corrected chi connectivity index (χ0v) is 18.5. The lowest BCUT2D eigenvalue weighted by Crippen LogP contribution is -2.49. The number of carbonyl (C=O) groups excluding carboxylic acids is 3. The van der Waals surface area contributed by atoms with E-state index in [-0.39, 0.29) is 67.9 Å². The van der Waals surface area contributed by atoms with E-state index < -0.39 is 30.6 Å². The standard InChI is InChI=1S/C26H27N3O5/c1-17-5-10-22(25(31)27-17)29-14-21-20(26(29)32)3-2-4-23(21)34-15-19-8-6-18(7-9-19)13-28-11-12-33-16-24(28)30/h2-4,6-9,22H,1,5,10-16H2,(H,27,31)/i6D,7D,8D,9D,13D. The predicted octanol–water partition coefficient (Wildman–Crippen LogP) is 2.37. The molecule has 2 aromatic rings. The fourth-order valence-electron chi connectivity index (χ4n) is 4.23. The fourth-order valence-corrected chi connectivity index (χ4v) is 4.23. The Balaban J connectivity index is 1.38. The molecular weight excluding hydrogens is 434 g/mol. The van der Waals surface area contributed by atoms with E-state index in [1.807, 2.05) is 0 Å². The maximum atomic E-state index is 13.1. The highest BCUT2D eigenvalue weighted by Gasteiger charge is 2.39. The van der Waals surface area contributed by atoms with Crippen LogP contribution in [-0.4, -0.2) is 53.3 Å². The van der Waals surface area contributed by atoms with Crippen LogP contribution in [0.3, 0.4) is 0 Å². The van der Waals surface area contributed by atoms with Crippen LogP contribution in [-0.2, 0) is 34.0 Å². The van der Waals surface area contributed by atoms with Crippen molar-refractivity contribution < 1.29 is 30.7 Å². The molecule has 1 N–H and O–H groups in total. The van der Waals surface area contributed by atoms with E-state index in [9.17, 15) is 14.4 Å². The van der Waals surface area contributed by atoms with Crippen LogP contribution in [0.15, 0.2) is 54.6 Å². The molecule has 2 atom stereocenters. The summed E-state index contributed by atoms with van der Waals surface area (Å²) in [6.07, 6.45) is 1.03. The first kappa shape index (κ1) is 16.9. The molecule has 2 unspecified atom stereocenters. The van der Waals surface area contributed by atoms with Gasteiger partial charge in [-0.15, -0.1) is 0 Å². The smallest absolute Gasteiger partial charge is 0.255 e. The van der Waals surface area contributed by atoms with Crippen molar-refractivity contribution in [3.05, 3.63) is 76.9 Å². The van der Waals surface area contributed by atoms with Crippen LogP contribution in [0.5, 0.6) is 5.75 Å². The van der Waals surface area contributed by atoms with Gasteiger partial charge in [0.2, 0.25) is 11.8 Å². The summed E-state index contributed by atoms with van der Waals surface area (Å²) in [4.78, 5) is 40.5. The van der Waals surface area contributed by atoms with Crippen molar-refractivity contribution in [2.75, 3.05) is 19.8 Å². The Kier molecular flexibility index (Phi) is 4.62. The molecule has 0 aromatic heterocycles. The SMILES string of the molecule is [2H]c1c([2H])c(C([2H])N2CCOCC2=O)c([2H])c([2H])c1COc1cccc2c1CN(C1CCC(=C)NC1=O)C2=O. The zero-order chi connectivity index (χ0) is 28.0. The highest BCUT2D eigenvalue weighted by atomic mass is 16.5. The molecule has 3 heterocycles. The number of ether oxygens (including phenoxy) is 2. The summed E-state index contributed by atoms with van der Waals surface area (Å²) in [6, 6.07) is 2.73. The van der Waals surface area contributed by atoms with Crippen LogP contribution in [0.25, 0.3) is 0 Å². The minimum absolute atomic E-state index is 0.0155. The van der Waals surface area contributed by atoms with E-state index in [2.05, 4.69) is 11.9 Å². The third-order valence-corrected chi connectivity index (χ3v) is 6.03. The highest BCUT2D eigenvalue weighted by molar-refractivity contribution is 6.02. The van der Waals surface area contributed by atoms with Gasteiger partial charge in [0.25, 0.3) is 5.91 Å². The van der Waals surface area contributed by atoms with Crippen molar-refractivity contribution in [1.82, 2.24) is 15.1 Å². The molecule has 176 valence electrons. The number of carbonyl (C=O) groups is 3. The first-order valence-corrected chi connectivity index (χ1v) is 11.0. The number of nitrogens with one attached hydrogen (secondary N) is 1. The van der Waals surface area contributed by atoms with E-state index in [0.717, 1.165) is 0 Å². The molecule has 3 amide bonds. The molecule has 3 aliphatic rings. The number of amides is 3. The largest absolute Gasteiger partial charge is 0.489 e. The van der Waals surface area contributed by atoms with Crippen LogP contribution >= 0.6 is 0 Å². The quantitative estimate of drug-likeness (QED) is 0.706. The molecule has 2 saturated heterocycles. The van der Waals surface area contributed by atoms with Gasteiger partial charge in [-0.1, -0.05) is 36.8 Å². The monoisotopic (exact) mass is 466 g/mol. The molecule has 0 aliphatic carbocycles. The second-order valence-electron chi connectivity index (χ2n) is 8.31. The zero-order valence-electron chi connectivity index (χ0n) is 23.5. The van der Waals surface area contributed by atoms with Gasteiger partial charge in [-0.3, -0.25) is 14.4 Å². The molecule has 0 saturated carbocycles. The normalized spacial score (nSPS) is 23.4. The molecule has 3 aliphatic heterocycles. The van der Waals surface area contributed by atoms with Gasteiger partial charge in [-0.2, -0.15) is 0 Å². The average Bonchev–Trinajstić information content (AvgIpc) is 3.24. The molecule has 2 fully saturated rings. The van der Waals surface area contributed by atoms with E-state index in [0.29, 0.717) is 35.4 Å². The van der Waals surface area contributed by atoms with Gasteiger partial charge >= 0.3 is 0 Å². The Bertz CT molecular complexity index is 1370. The predicted molar refractivity (Wildman–Crippen MR) is 124 cm³/mol. The molecule has 8 nitrogen and oxygen atoms in total. The fraction of sp³-hybridized carbons (Fsp3) is 0.346. The number of piperidine rings is 1. The Morgan fingerprint density at radius 2 is 2.00 bits per heavy atom. The molecule has 2 aromatic carbocycles. The number of rotatable bonds is 6. The minimum atomic E-state index is -1.41. The summed E-state index contributed by atoms with van der Waals surface area (Å²) in [5, 5.41) is 2.70. The highest BCUT2D eigenvalue weighted by Crippen LogP contribution is 2.34. The average molecular weight is 467 g/mol. The summed E-state index contributed by atoms with van der Waals surface area (Å²) in [5.74, 6) is -0.703. The van der Waals surface area contributed by atoms with Gasteiger partial charge in [0, 0.05) is 29.9 Å². The summed E-state index contributed by atoms with van der Waals surface area (Å²) in [6.45, 7) is 2.33. The number of allylic oxidation sites excluding steroid dienone is 1. The van der Waals surface area contributed by atoms with E-state index >= 15 is 0 Å². The van der Waals surface area contributed by atoms with Gasteiger partial charge in [0.15, 0.2) is 0 Å². The van der Waals surface area contributed by atoms with Gasteiger partial charge in [0.05, 0.1) is 20.0 Å². The Labute approximate surface area is 205 Å². The summed E-state index contributed by atoms with van der Waals surface area (Å²) >= 11 is 0. The topological polar surface area (TPSA) is 88.2 Å². The minimum Gasteiger partial charge on any atom is -0.489 e. The molecule has 8 heteroatoms. The van der Waals surface area contributed by atoms with Crippen LogP contribution in [0.2, 0.25) is 0 Å². The Morgan fingerprint density at radius 3 is 2.76 bits per heavy atom. The number of fused-ring (bicyclic) bond motifs is 1. The third-order valence-electron chi connectivity index (χ3n) is 6.03. The van der Waals surface area contributed by atoms with Crippen molar-refractivity contribution in [2.45, 2.75) is 38.6 Å². The van der Waals surface area contributed by atoms with E-state index in [1.165, 1.54) is 9.80 Å². The molecule has 0 spiro atoms. The molecular formula is C26H27N3O5. The van der Waals surface area contributed by atoms with Crippen molar-refractivity contribution in [3.8, 4) is 5.75 Å². The lowest BCUT2D eigenvalue weighted by atomic mass is 10.0. The van der Waals surface area contributed by atoms with Crippen LogP contribution in [0.1, 0.15) is 46.7 Å². The number of nitrogens with zero attached hydrogens (tertiary/aromatic N) is 2. The first-order valence-electron chi connectivity index (χ1n) is 13.6. The van der Waals surface area contributed by atoms with Crippen molar-refractivity contribution in [2.24, 2.45) is 0 Å². The van der Waals surface area contributed by atoms with Gasteiger partial charge in [-0.25, -0.2) is 0 Å². The maximum absolute atomic E-state index is 13.1. The van der Waals surface area contributed by atoms with Crippen LogP contribution in [0.4, 0.5) is 0 Å². The number of benzene rings is 2. The maximum Gasteiger partial charge on any atom is 0.255 e.